The van der Waals surface area contributed by atoms with Crippen LogP contribution < -0.4 is 0 Å². The fraction of sp³-hybridized carbons (Fsp3) is 0. The number of fused-ring (bicyclic) bond motifs is 13. The highest BCUT2D eigenvalue weighted by atomic mass is 15.2. The maximum atomic E-state index is 5.14. The number of nitrogens with zero attached hydrogens (tertiary/aromatic N) is 4. The SMILES string of the molecule is c1ccc(-n2ccc3c2-c2ccccc2-c2ccccc2-c2cc(-n4c5ccccc5n5c6ccccc6nc45)ccc2-3)cc1. The third-order valence-corrected chi connectivity index (χ3v) is 9.27. The van der Waals surface area contributed by atoms with Crippen molar-refractivity contribution in [2.45, 2.75) is 0 Å². The summed E-state index contributed by atoms with van der Waals surface area (Å²) in [5, 5.41) is 0. The summed E-state index contributed by atoms with van der Waals surface area (Å²) in [6.45, 7) is 0. The molecule has 0 N–H and O–H groups in total. The Hall–Kier alpha value is -6.13. The van der Waals surface area contributed by atoms with E-state index in [4.69, 9.17) is 4.98 Å². The molecule has 0 saturated heterocycles. The van der Waals surface area contributed by atoms with E-state index in [1.165, 1.54) is 44.6 Å². The molecule has 0 spiro atoms. The molecule has 210 valence electrons. The van der Waals surface area contributed by atoms with Gasteiger partial charge >= 0.3 is 0 Å². The highest BCUT2D eigenvalue weighted by molar-refractivity contribution is 6.03. The minimum atomic E-state index is 0.915. The van der Waals surface area contributed by atoms with Crippen molar-refractivity contribution < 1.29 is 0 Å². The fourth-order valence-corrected chi connectivity index (χ4v) is 7.34. The van der Waals surface area contributed by atoms with Gasteiger partial charge in [-0.2, -0.15) is 0 Å². The van der Waals surface area contributed by atoms with Gasteiger partial charge in [-0.05, 0) is 82.4 Å². The Kier molecular flexibility index (Phi) is 4.96. The second-order valence-electron chi connectivity index (χ2n) is 11.7. The van der Waals surface area contributed by atoms with Crippen molar-refractivity contribution in [1.29, 1.82) is 0 Å². The number of rotatable bonds is 2. The lowest BCUT2D eigenvalue weighted by atomic mass is 9.83. The summed E-state index contributed by atoms with van der Waals surface area (Å²) >= 11 is 0. The molecule has 1 aliphatic rings. The van der Waals surface area contributed by atoms with Crippen molar-refractivity contribution >= 4 is 27.8 Å². The van der Waals surface area contributed by atoms with Crippen LogP contribution in [-0.2, 0) is 0 Å². The van der Waals surface area contributed by atoms with E-state index < -0.39 is 0 Å². The Morgan fingerprint density at radius 1 is 0.400 bits per heavy atom. The van der Waals surface area contributed by atoms with Crippen LogP contribution in [-0.4, -0.2) is 18.5 Å². The first-order chi connectivity index (χ1) is 22.3. The van der Waals surface area contributed by atoms with Gasteiger partial charge in [-0.3, -0.25) is 8.97 Å². The van der Waals surface area contributed by atoms with Gasteiger partial charge in [0.25, 0.3) is 0 Å². The van der Waals surface area contributed by atoms with Crippen molar-refractivity contribution in [2.75, 3.05) is 0 Å². The molecule has 0 atom stereocenters. The molecule has 4 heteroatoms. The zero-order valence-corrected chi connectivity index (χ0v) is 24.3. The van der Waals surface area contributed by atoms with E-state index in [9.17, 15) is 0 Å². The molecule has 4 nitrogen and oxygen atoms in total. The van der Waals surface area contributed by atoms with E-state index in [0.29, 0.717) is 0 Å². The van der Waals surface area contributed by atoms with Crippen molar-refractivity contribution in [3.8, 4) is 56.0 Å². The summed E-state index contributed by atoms with van der Waals surface area (Å²) in [4.78, 5) is 5.14. The molecule has 0 radical (unpaired) electrons. The van der Waals surface area contributed by atoms with Crippen molar-refractivity contribution in [3.05, 3.63) is 158 Å². The number of hydrogen-bond donors (Lipinski definition) is 0. The van der Waals surface area contributed by atoms with Crippen LogP contribution in [0.15, 0.2) is 158 Å². The number of benzene rings is 6. The molecule has 1 aliphatic carbocycles. The predicted molar refractivity (Wildman–Crippen MR) is 184 cm³/mol. The standard InChI is InChI=1S/C41H26N4/c1-2-12-27(13-3-1)43-25-24-34-32-23-22-28(26-35(32)31-16-5-4-14-29(31)30-15-6-7-17-33(30)40(34)43)44-38-20-10-11-21-39(38)45-37-19-9-8-18-36(37)42-41(44)45/h1-26H. The second kappa shape index (κ2) is 9.18. The van der Waals surface area contributed by atoms with E-state index in [-0.39, 0.29) is 0 Å². The average molecular weight is 575 g/mol. The van der Waals surface area contributed by atoms with Gasteiger partial charge < -0.3 is 4.57 Å². The smallest absolute Gasteiger partial charge is 0.220 e. The topological polar surface area (TPSA) is 27.2 Å². The minimum Gasteiger partial charge on any atom is -0.316 e. The number of imidazole rings is 2. The lowest BCUT2D eigenvalue weighted by Gasteiger charge is -2.23. The maximum absolute atomic E-state index is 5.14. The largest absolute Gasteiger partial charge is 0.316 e. The van der Waals surface area contributed by atoms with Crippen LogP contribution in [0, 0.1) is 0 Å². The highest BCUT2D eigenvalue weighted by Crippen LogP contribution is 2.49. The molecule has 9 aromatic rings. The predicted octanol–water partition coefficient (Wildman–Crippen LogP) is 10.2. The van der Waals surface area contributed by atoms with Crippen LogP contribution in [0.1, 0.15) is 0 Å². The summed E-state index contributed by atoms with van der Waals surface area (Å²) in [5.74, 6) is 0.915. The Labute approximate surface area is 259 Å². The molecular weight excluding hydrogens is 548 g/mol. The molecule has 3 heterocycles. The third-order valence-electron chi connectivity index (χ3n) is 9.27. The monoisotopic (exact) mass is 574 g/mol. The van der Waals surface area contributed by atoms with Crippen molar-refractivity contribution in [2.24, 2.45) is 0 Å². The van der Waals surface area contributed by atoms with Gasteiger partial charge in [-0.15, -0.1) is 0 Å². The first-order valence-electron chi connectivity index (χ1n) is 15.3. The summed E-state index contributed by atoms with van der Waals surface area (Å²) in [6, 6.07) is 54.4. The van der Waals surface area contributed by atoms with Gasteiger partial charge in [0.15, 0.2) is 0 Å². The molecule has 0 bridgehead atoms. The van der Waals surface area contributed by atoms with Crippen molar-refractivity contribution in [1.82, 2.24) is 18.5 Å². The second-order valence-corrected chi connectivity index (χ2v) is 11.7. The fourth-order valence-electron chi connectivity index (χ4n) is 7.34. The summed E-state index contributed by atoms with van der Waals surface area (Å²) < 4.78 is 6.92. The summed E-state index contributed by atoms with van der Waals surface area (Å²) in [7, 11) is 0. The Bertz CT molecular complexity index is 2600. The minimum absolute atomic E-state index is 0.915. The Morgan fingerprint density at radius 3 is 1.80 bits per heavy atom. The molecule has 6 aromatic carbocycles. The summed E-state index contributed by atoms with van der Waals surface area (Å²) in [5.41, 5.74) is 16.4. The quantitative estimate of drug-likeness (QED) is 0.202. The molecule has 0 saturated carbocycles. The van der Waals surface area contributed by atoms with E-state index in [2.05, 4.69) is 171 Å². The lowest BCUT2D eigenvalue weighted by Crippen LogP contribution is -2.02. The molecule has 0 fully saturated rings. The van der Waals surface area contributed by atoms with Crippen LogP contribution in [0.2, 0.25) is 0 Å². The van der Waals surface area contributed by atoms with Gasteiger partial charge in [0.1, 0.15) is 0 Å². The van der Waals surface area contributed by atoms with Crippen molar-refractivity contribution in [3.63, 3.8) is 0 Å². The molecule has 0 unspecified atom stereocenters. The molecule has 0 aliphatic heterocycles. The number of para-hydroxylation sites is 5. The molecule has 10 rings (SSSR count). The number of aromatic nitrogens is 4. The molecule has 0 amide bonds. The Balaban J connectivity index is 1.31. The third kappa shape index (κ3) is 3.39. The Morgan fingerprint density at radius 2 is 1.00 bits per heavy atom. The average Bonchev–Trinajstić information content (AvgIpc) is 3.79. The van der Waals surface area contributed by atoms with Gasteiger partial charge in [0.2, 0.25) is 5.78 Å². The molecule has 45 heavy (non-hydrogen) atoms. The zero-order valence-electron chi connectivity index (χ0n) is 24.3. The summed E-state index contributed by atoms with van der Waals surface area (Å²) in [6.07, 6.45) is 2.21. The zero-order chi connectivity index (χ0) is 29.5. The van der Waals surface area contributed by atoms with Crippen LogP contribution in [0.25, 0.3) is 83.9 Å². The first kappa shape index (κ1) is 24.3. The van der Waals surface area contributed by atoms with Crippen LogP contribution in [0.5, 0.6) is 0 Å². The van der Waals surface area contributed by atoms with Gasteiger partial charge in [-0.25, -0.2) is 4.98 Å². The highest BCUT2D eigenvalue weighted by Gasteiger charge is 2.26. The molecular formula is C41H26N4. The normalized spacial score (nSPS) is 12.0. The van der Waals surface area contributed by atoms with Gasteiger partial charge in [0, 0.05) is 28.7 Å². The van der Waals surface area contributed by atoms with Crippen LogP contribution >= 0.6 is 0 Å². The van der Waals surface area contributed by atoms with Gasteiger partial charge in [0.05, 0.1) is 27.8 Å². The van der Waals surface area contributed by atoms with E-state index in [1.54, 1.807) is 0 Å². The molecule has 3 aromatic heterocycles. The first-order valence-corrected chi connectivity index (χ1v) is 15.3. The van der Waals surface area contributed by atoms with Crippen LogP contribution in [0.3, 0.4) is 0 Å². The van der Waals surface area contributed by atoms with E-state index >= 15 is 0 Å². The lowest BCUT2D eigenvalue weighted by molar-refractivity contribution is 1.09. The van der Waals surface area contributed by atoms with E-state index in [1.807, 2.05) is 0 Å². The number of hydrogen-bond acceptors (Lipinski definition) is 1. The van der Waals surface area contributed by atoms with E-state index in [0.717, 1.165) is 39.2 Å². The van der Waals surface area contributed by atoms with Gasteiger partial charge in [-0.1, -0.05) is 97.1 Å². The maximum Gasteiger partial charge on any atom is 0.220 e. The van der Waals surface area contributed by atoms with Crippen LogP contribution in [0.4, 0.5) is 0 Å².